The van der Waals surface area contributed by atoms with Crippen LogP contribution in [0.3, 0.4) is 0 Å². The largest absolute Gasteiger partial charge is 0.456 e. The number of para-hydroxylation sites is 1. The second-order valence-corrected chi connectivity index (χ2v) is 11.6. The second-order valence-electron chi connectivity index (χ2n) is 11.6. The molecule has 1 nitrogen and oxygen atoms in total. The zero-order chi connectivity index (χ0) is 29.7. The molecule has 0 unspecified atom stereocenters. The van der Waals surface area contributed by atoms with Crippen LogP contribution in [0.1, 0.15) is 0 Å². The van der Waals surface area contributed by atoms with Crippen LogP contribution in [0.15, 0.2) is 174 Å². The van der Waals surface area contributed by atoms with Crippen molar-refractivity contribution >= 4 is 43.5 Å². The first-order valence-electron chi connectivity index (χ1n) is 15.4. The standard InChI is InChI=1S/C44H28O/c1-2-11-29(12-3-1)30-21-25-32(26-22-30)42-35-13-4-6-15-37(35)43(38-16-7-5-14-36(38)42)33-27-23-31(24-28-33)34-18-10-20-41-44(34)39-17-8-9-19-40(39)45-41/h1-28H. The molecule has 0 aliphatic rings. The zero-order valence-electron chi connectivity index (χ0n) is 24.6. The first kappa shape index (κ1) is 25.6. The van der Waals surface area contributed by atoms with E-state index in [0.29, 0.717) is 0 Å². The lowest BCUT2D eigenvalue weighted by molar-refractivity contribution is 0.669. The van der Waals surface area contributed by atoms with Gasteiger partial charge >= 0.3 is 0 Å². The van der Waals surface area contributed by atoms with Crippen LogP contribution in [0.4, 0.5) is 0 Å². The molecular formula is C44H28O. The van der Waals surface area contributed by atoms with E-state index in [1.807, 2.05) is 12.1 Å². The third kappa shape index (κ3) is 4.17. The molecule has 0 atom stereocenters. The van der Waals surface area contributed by atoms with E-state index in [1.165, 1.54) is 71.4 Å². The Hall–Kier alpha value is -5.92. The Morgan fingerprint density at radius 1 is 0.267 bits per heavy atom. The Kier molecular flexibility index (Phi) is 5.89. The van der Waals surface area contributed by atoms with Gasteiger partial charge in [-0.05, 0) is 78.2 Å². The fourth-order valence-corrected chi connectivity index (χ4v) is 7.04. The van der Waals surface area contributed by atoms with E-state index >= 15 is 0 Å². The summed E-state index contributed by atoms with van der Waals surface area (Å²) in [5, 5.41) is 7.36. The van der Waals surface area contributed by atoms with Gasteiger partial charge in [0.2, 0.25) is 0 Å². The molecule has 0 saturated heterocycles. The SMILES string of the molecule is c1ccc(-c2ccc(-c3c4ccccc4c(-c4ccc(-c5cccc6oc7ccccc7c56)cc4)c4ccccc34)cc2)cc1. The van der Waals surface area contributed by atoms with Crippen molar-refractivity contribution in [2.75, 3.05) is 0 Å². The van der Waals surface area contributed by atoms with Gasteiger partial charge in [0, 0.05) is 10.8 Å². The lowest BCUT2D eigenvalue weighted by Gasteiger charge is -2.18. The smallest absolute Gasteiger partial charge is 0.136 e. The van der Waals surface area contributed by atoms with Gasteiger partial charge in [0.05, 0.1) is 0 Å². The van der Waals surface area contributed by atoms with Crippen LogP contribution in [0.25, 0.3) is 88.0 Å². The van der Waals surface area contributed by atoms with E-state index < -0.39 is 0 Å². The quantitative estimate of drug-likeness (QED) is 0.191. The van der Waals surface area contributed by atoms with Crippen molar-refractivity contribution in [2.24, 2.45) is 0 Å². The Morgan fingerprint density at radius 2 is 0.689 bits per heavy atom. The molecule has 9 rings (SSSR count). The first-order valence-corrected chi connectivity index (χ1v) is 15.4. The van der Waals surface area contributed by atoms with E-state index in [0.717, 1.165) is 16.6 Å². The molecule has 1 heteroatoms. The van der Waals surface area contributed by atoms with Crippen LogP contribution in [-0.4, -0.2) is 0 Å². The Morgan fingerprint density at radius 3 is 1.27 bits per heavy atom. The number of benzene rings is 8. The minimum Gasteiger partial charge on any atom is -0.456 e. The predicted octanol–water partition coefficient (Wildman–Crippen LogP) is 12.6. The third-order valence-corrected chi connectivity index (χ3v) is 9.10. The number of rotatable bonds is 4. The summed E-state index contributed by atoms with van der Waals surface area (Å²) in [4.78, 5) is 0. The maximum atomic E-state index is 6.18. The third-order valence-electron chi connectivity index (χ3n) is 9.10. The second kappa shape index (κ2) is 10.4. The molecule has 8 aromatic carbocycles. The van der Waals surface area contributed by atoms with Gasteiger partial charge in [0.1, 0.15) is 11.2 Å². The molecule has 0 aliphatic carbocycles. The summed E-state index contributed by atoms with van der Waals surface area (Å²) in [6.07, 6.45) is 0. The molecule has 0 N–H and O–H groups in total. The van der Waals surface area contributed by atoms with E-state index in [4.69, 9.17) is 4.42 Å². The topological polar surface area (TPSA) is 13.1 Å². The predicted molar refractivity (Wildman–Crippen MR) is 190 cm³/mol. The van der Waals surface area contributed by atoms with Crippen molar-refractivity contribution in [3.05, 3.63) is 170 Å². The Bertz CT molecular complexity index is 2440. The molecular weight excluding hydrogens is 544 g/mol. The molecule has 1 aromatic heterocycles. The van der Waals surface area contributed by atoms with Crippen molar-refractivity contribution in [1.82, 2.24) is 0 Å². The van der Waals surface area contributed by atoms with Crippen LogP contribution < -0.4 is 0 Å². The molecule has 0 radical (unpaired) electrons. The molecule has 45 heavy (non-hydrogen) atoms. The molecule has 0 amide bonds. The minimum atomic E-state index is 0.919. The van der Waals surface area contributed by atoms with Crippen molar-refractivity contribution < 1.29 is 4.42 Å². The molecule has 1 heterocycles. The molecule has 0 bridgehead atoms. The van der Waals surface area contributed by atoms with Gasteiger partial charge < -0.3 is 4.42 Å². The van der Waals surface area contributed by atoms with Gasteiger partial charge in [-0.2, -0.15) is 0 Å². The molecule has 0 saturated carbocycles. The minimum absolute atomic E-state index is 0.919. The first-order chi connectivity index (χ1) is 22.3. The summed E-state index contributed by atoms with van der Waals surface area (Å²) in [5.74, 6) is 0. The maximum Gasteiger partial charge on any atom is 0.136 e. The number of fused-ring (bicyclic) bond motifs is 5. The van der Waals surface area contributed by atoms with E-state index in [1.54, 1.807) is 0 Å². The van der Waals surface area contributed by atoms with Gasteiger partial charge in [0.25, 0.3) is 0 Å². The normalized spacial score (nSPS) is 11.6. The molecule has 0 aliphatic heterocycles. The van der Waals surface area contributed by atoms with Crippen LogP contribution in [0.5, 0.6) is 0 Å². The van der Waals surface area contributed by atoms with Crippen molar-refractivity contribution in [3.63, 3.8) is 0 Å². The highest BCUT2D eigenvalue weighted by Crippen LogP contribution is 2.44. The molecule has 210 valence electrons. The molecule has 0 spiro atoms. The van der Waals surface area contributed by atoms with Gasteiger partial charge in [-0.1, -0.05) is 158 Å². The Labute approximate surface area is 261 Å². The number of hydrogen-bond acceptors (Lipinski definition) is 1. The highest BCUT2D eigenvalue weighted by atomic mass is 16.3. The summed E-state index contributed by atoms with van der Waals surface area (Å²) in [5.41, 5.74) is 11.6. The van der Waals surface area contributed by atoms with Crippen molar-refractivity contribution in [2.45, 2.75) is 0 Å². The lowest BCUT2D eigenvalue weighted by Crippen LogP contribution is -1.91. The lowest BCUT2D eigenvalue weighted by atomic mass is 9.85. The van der Waals surface area contributed by atoms with E-state index in [9.17, 15) is 0 Å². The van der Waals surface area contributed by atoms with E-state index in [-0.39, 0.29) is 0 Å². The highest BCUT2D eigenvalue weighted by Gasteiger charge is 2.17. The number of furan rings is 1. The van der Waals surface area contributed by atoms with Gasteiger partial charge in [-0.15, -0.1) is 0 Å². The van der Waals surface area contributed by atoms with Crippen LogP contribution in [0, 0.1) is 0 Å². The molecule has 0 fully saturated rings. The van der Waals surface area contributed by atoms with E-state index in [2.05, 4.69) is 158 Å². The van der Waals surface area contributed by atoms with Gasteiger partial charge in [-0.25, -0.2) is 0 Å². The highest BCUT2D eigenvalue weighted by molar-refractivity contribution is 6.21. The fraction of sp³-hybridized carbons (Fsp3) is 0. The number of hydrogen-bond donors (Lipinski definition) is 0. The summed E-state index contributed by atoms with van der Waals surface area (Å²) in [6.45, 7) is 0. The summed E-state index contributed by atoms with van der Waals surface area (Å²) in [6, 6.07) is 61.0. The van der Waals surface area contributed by atoms with Crippen LogP contribution in [0.2, 0.25) is 0 Å². The fourth-order valence-electron chi connectivity index (χ4n) is 7.04. The van der Waals surface area contributed by atoms with Crippen molar-refractivity contribution in [3.8, 4) is 44.5 Å². The van der Waals surface area contributed by atoms with Crippen LogP contribution in [-0.2, 0) is 0 Å². The summed E-state index contributed by atoms with van der Waals surface area (Å²) in [7, 11) is 0. The maximum absolute atomic E-state index is 6.18. The Balaban J connectivity index is 1.21. The monoisotopic (exact) mass is 572 g/mol. The van der Waals surface area contributed by atoms with Crippen LogP contribution >= 0.6 is 0 Å². The zero-order valence-corrected chi connectivity index (χ0v) is 24.6. The average Bonchev–Trinajstić information content (AvgIpc) is 3.50. The van der Waals surface area contributed by atoms with Gasteiger partial charge in [-0.3, -0.25) is 0 Å². The van der Waals surface area contributed by atoms with Crippen molar-refractivity contribution in [1.29, 1.82) is 0 Å². The average molecular weight is 573 g/mol. The summed E-state index contributed by atoms with van der Waals surface area (Å²) < 4.78 is 6.18. The summed E-state index contributed by atoms with van der Waals surface area (Å²) >= 11 is 0. The van der Waals surface area contributed by atoms with Gasteiger partial charge in [0.15, 0.2) is 0 Å². The molecule has 9 aromatic rings.